The summed E-state index contributed by atoms with van der Waals surface area (Å²) >= 11 is 0. The molecule has 0 amide bonds. The van der Waals surface area contributed by atoms with Gasteiger partial charge in [0.05, 0.1) is 5.56 Å². The Morgan fingerprint density at radius 1 is 1.14 bits per heavy atom. The van der Waals surface area contributed by atoms with Crippen molar-refractivity contribution in [3.8, 4) is 11.1 Å². The number of hydrogen-bond donors (Lipinski definition) is 1. The Hall–Kier alpha value is -2.16. The average Bonchev–Trinajstić information content (AvgIpc) is 2.47. The molecule has 0 aliphatic rings. The molecule has 0 atom stereocenters. The number of carbonyl (C=O) groups is 1. The number of hydrogen-bond acceptors (Lipinski definition) is 1. The molecule has 0 heterocycles. The molecular weight excluding hydrogens is 267 g/mol. The topological polar surface area (TPSA) is 37.3 Å². The molecule has 0 aliphatic heterocycles. The van der Waals surface area contributed by atoms with Crippen LogP contribution in [0.3, 0.4) is 0 Å². The summed E-state index contributed by atoms with van der Waals surface area (Å²) in [7, 11) is 0. The van der Waals surface area contributed by atoms with Crippen LogP contribution in [-0.4, -0.2) is 11.1 Å². The van der Waals surface area contributed by atoms with Crippen molar-refractivity contribution in [2.24, 2.45) is 0 Å². The van der Waals surface area contributed by atoms with Crippen LogP contribution >= 0.6 is 0 Å². The molecule has 0 aliphatic carbocycles. The monoisotopic (exact) mass is 286 g/mol. The van der Waals surface area contributed by atoms with Crippen LogP contribution in [0.15, 0.2) is 42.5 Å². The summed E-state index contributed by atoms with van der Waals surface area (Å²) in [6.45, 7) is 6.45. The van der Waals surface area contributed by atoms with Crippen molar-refractivity contribution in [3.05, 3.63) is 59.4 Å². The zero-order valence-electron chi connectivity index (χ0n) is 12.5. The summed E-state index contributed by atoms with van der Waals surface area (Å²) in [5.41, 5.74) is 2.34. The number of halogens is 1. The molecule has 0 aromatic heterocycles. The molecule has 2 aromatic rings. The molecule has 110 valence electrons. The first-order chi connectivity index (χ1) is 9.85. The Labute approximate surface area is 124 Å². The van der Waals surface area contributed by atoms with E-state index in [1.807, 2.05) is 24.3 Å². The van der Waals surface area contributed by atoms with E-state index in [1.165, 1.54) is 23.8 Å². The Morgan fingerprint density at radius 3 is 2.29 bits per heavy atom. The second kappa shape index (κ2) is 5.68. The highest BCUT2D eigenvalue weighted by Gasteiger charge is 2.18. The van der Waals surface area contributed by atoms with Crippen LogP contribution in [0.2, 0.25) is 0 Å². The molecule has 0 saturated heterocycles. The SMILES string of the molecule is CCC(C)(C)c1ccc(-c2cc(C(=O)O)ccc2F)cc1. The zero-order valence-corrected chi connectivity index (χ0v) is 12.5. The van der Waals surface area contributed by atoms with Crippen molar-refractivity contribution >= 4 is 5.97 Å². The maximum absolute atomic E-state index is 13.9. The van der Waals surface area contributed by atoms with Gasteiger partial charge in [0.1, 0.15) is 5.82 Å². The van der Waals surface area contributed by atoms with Gasteiger partial charge in [-0.15, -0.1) is 0 Å². The fourth-order valence-corrected chi connectivity index (χ4v) is 2.18. The quantitative estimate of drug-likeness (QED) is 0.869. The zero-order chi connectivity index (χ0) is 15.6. The van der Waals surface area contributed by atoms with Crippen molar-refractivity contribution in [3.63, 3.8) is 0 Å². The number of benzene rings is 2. The van der Waals surface area contributed by atoms with Crippen molar-refractivity contribution in [2.45, 2.75) is 32.6 Å². The van der Waals surface area contributed by atoms with Gasteiger partial charge in [-0.25, -0.2) is 9.18 Å². The van der Waals surface area contributed by atoms with Gasteiger partial charge in [0.15, 0.2) is 0 Å². The number of carboxylic acid groups (broad SMARTS) is 1. The van der Waals surface area contributed by atoms with Gasteiger partial charge in [-0.2, -0.15) is 0 Å². The van der Waals surface area contributed by atoms with Crippen molar-refractivity contribution in [2.75, 3.05) is 0 Å². The summed E-state index contributed by atoms with van der Waals surface area (Å²) in [5.74, 6) is -1.47. The largest absolute Gasteiger partial charge is 0.478 e. The smallest absolute Gasteiger partial charge is 0.335 e. The standard InChI is InChI=1S/C18H19FO2/c1-4-18(2,3)14-8-5-12(6-9-14)15-11-13(17(20)21)7-10-16(15)19/h5-11H,4H2,1-3H3,(H,20,21). The van der Waals surface area contributed by atoms with E-state index in [0.717, 1.165) is 6.42 Å². The first kappa shape index (κ1) is 15.2. The first-order valence-corrected chi connectivity index (χ1v) is 6.99. The minimum absolute atomic E-state index is 0.0694. The minimum atomic E-state index is -1.06. The molecule has 0 fully saturated rings. The Kier molecular flexibility index (Phi) is 4.12. The highest BCUT2D eigenvalue weighted by molar-refractivity contribution is 5.89. The second-order valence-corrected chi connectivity index (χ2v) is 5.81. The first-order valence-electron chi connectivity index (χ1n) is 6.99. The molecule has 0 spiro atoms. The van der Waals surface area contributed by atoms with Crippen LogP contribution in [-0.2, 0) is 5.41 Å². The van der Waals surface area contributed by atoms with E-state index in [9.17, 15) is 9.18 Å². The van der Waals surface area contributed by atoms with E-state index in [0.29, 0.717) is 11.1 Å². The van der Waals surface area contributed by atoms with Gasteiger partial charge < -0.3 is 5.11 Å². The van der Waals surface area contributed by atoms with Gasteiger partial charge >= 0.3 is 5.97 Å². The highest BCUT2D eigenvalue weighted by Crippen LogP contribution is 2.30. The summed E-state index contributed by atoms with van der Waals surface area (Å²) in [6, 6.07) is 11.5. The molecule has 0 bridgehead atoms. The van der Waals surface area contributed by atoms with Gasteiger partial charge in [0.25, 0.3) is 0 Å². The lowest BCUT2D eigenvalue weighted by Crippen LogP contribution is -2.14. The second-order valence-electron chi connectivity index (χ2n) is 5.81. The molecule has 0 unspecified atom stereocenters. The summed E-state index contributed by atoms with van der Waals surface area (Å²) in [5, 5.41) is 9.01. The number of aromatic carboxylic acids is 1. The van der Waals surface area contributed by atoms with E-state index < -0.39 is 11.8 Å². The minimum Gasteiger partial charge on any atom is -0.478 e. The summed E-state index contributed by atoms with van der Waals surface area (Å²) in [4.78, 5) is 11.0. The van der Waals surface area contributed by atoms with E-state index >= 15 is 0 Å². The van der Waals surface area contributed by atoms with Crippen molar-refractivity contribution in [1.29, 1.82) is 0 Å². The third-order valence-electron chi connectivity index (χ3n) is 4.07. The Balaban J connectivity index is 2.44. The fourth-order valence-electron chi connectivity index (χ4n) is 2.18. The van der Waals surface area contributed by atoms with Crippen molar-refractivity contribution in [1.82, 2.24) is 0 Å². The predicted molar refractivity (Wildman–Crippen MR) is 82.1 cm³/mol. The van der Waals surface area contributed by atoms with Gasteiger partial charge in [-0.3, -0.25) is 0 Å². The van der Waals surface area contributed by atoms with Crippen LogP contribution in [0, 0.1) is 5.82 Å². The van der Waals surface area contributed by atoms with Crippen LogP contribution in [0.1, 0.15) is 43.1 Å². The number of carboxylic acids is 1. The van der Waals surface area contributed by atoms with Crippen LogP contribution in [0.5, 0.6) is 0 Å². The summed E-state index contributed by atoms with van der Waals surface area (Å²) < 4.78 is 13.9. The third kappa shape index (κ3) is 3.13. The van der Waals surface area contributed by atoms with Gasteiger partial charge in [-0.1, -0.05) is 45.0 Å². The van der Waals surface area contributed by atoms with Gasteiger partial charge in [-0.05, 0) is 41.2 Å². The van der Waals surface area contributed by atoms with E-state index in [4.69, 9.17) is 5.11 Å². The molecule has 21 heavy (non-hydrogen) atoms. The lowest BCUT2D eigenvalue weighted by Gasteiger charge is -2.23. The molecular formula is C18H19FO2. The number of rotatable bonds is 4. The molecule has 3 heteroatoms. The van der Waals surface area contributed by atoms with Crippen LogP contribution < -0.4 is 0 Å². The van der Waals surface area contributed by atoms with Gasteiger partial charge in [0.2, 0.25) is 0 Å². The molecule has 0 radical (unpaired) electrons. The maximum atomic E-state index is 13.9. The Bertz CT molecular complexity index is 657. The van der Waals surface area contributed by atoms with E-state index in [1.54, 1.807) is 0 Å². The molecule has 1 N–H and O–H groups in total. The Morgan fingerprint density at radius 2 is 1.76 bits per heavy atom. The molecule has 2 rings (SSSR count). The van der Waals surface area contributed by atoms with E-state index in [2.05, 4.69) is 20.8 Å². The average molecular weight is 286 g/mol. The van der Waals surface area contributed by atoms with Crippen LogP contribution in [0.4, 0.5) is 4.39 Å². The summed E-state index contributed by atoms with van der Waals surface area (Å²) in [6.07, 6.45) is 1.01. The molecule has 2 nitrogen and oxygen atoms in total. The van der Waals surface area contributed by atoms with Crippen LogP contribution in [0.25, 0.3) is 11.1 Å². The molecule has 0 saturated carbocycles. The van der Waals surface area contributed by atoms with Crippen molar-refractivity contribution < 1.29 is 14.3 Å². The van der Waals surface area contributed by atoms with E-state index in [-0.39, 0.29) is 11.0 Å². The lowest BCUT2D eigenvalue weighted by atomic mass is 9.82. The van der Waals surface area contributed by atoms with Gasteiger partial charge in [0, 0.05) is 5.56 Å². The highest BCUT2D eigenvalue weighted by atomic mass is 19.1. The normalized spacial score (nSPS) is 11.4. The third-order valence-corrected chi connectivity index (χ3v) is 4.07. The fraction of sp³-hybridized carbons (Fsp3) is 0.278. The predicted octanol–water partition coefficient (Wildman–Crippen LogP) is 4.88. The maximum Gasteiger partial charge on any atom is 0.335 e. The lowest BCUT2D eigenvalue weighted by molar-refractivity contribution is 0.0697. The molecule has 2 aromatic carbocycles.